The summed E-state index contributed by atoms with van der Waals surface area (Å²) >= 11 is 0. The number of amides is 1. The maximum Gasteiger partial charge on any atom is 0.338 e. The SMILES string of the molecule is COc1ccccc1CC(C)(C)C(=O)N1CCC(n2cc(C(=O)O)cn2)CC1. The average Bonchev–Trinajstić information content (AvgIpc) is 3.18. The van der Waals surface area contributed by atoms with E-state index in [9.17, 15) is 9.59 Å². The van der Waals surface area contributed by atoms with Crippen molar-refractivity contribution >= 4 is 11.9 Å². The highest BCUT2D eigenvalue weighted by Crippen LogP contribution is 2.31. The van der Waals surface area contributed by atoms with Gasteiger partial charge in [-0.25, -0.2) is 4.79 Å². The van der Waals surface area contributed by atoms with E-state index < -0.39 is 11.4 Å². The van der Waals surface area contributed by atoms with E-state index in [1.54, 1.807) is 18.0 Å². The number of para-hydroxylation sites is 1. The standard InChI is InChI=1S/C21H27N3O4/c1-21(2,12-15-6-4-5-7-18(15)28-3)20(27)23-10-8-17(9-11-23)24-14-16(13-22-24)19(25)26/h4-7,13-14,17H,8-12H2,1-3H3,(H,25,26). The van der Waals surface area contributed by atoms with Crippen LogP contribution < -0.4 is 4.74 Å². The van der Waals surface area contributed by atoms with Crippen LogP contribution in [0.1, 0.15) is 48.7 Å². The van der Waals surface area contributed by atoms with Gasteiger partial charge in [-0.05, 0) is 30.9 Å². The zero-order chi connectivity index (χ0) is 20.3. The minimum Gasteiger partial charge on any atom is -0.496 e. The molecule has 0 bridgehead atoms. The molecule has 1 aromatic carbocycles. The highest BCUT2D eigenvalue weighted by molar-refractivity contribution is 5.86. The highest BCUT2D eigenvalue weighted by Gasteiger charge is 2.35. The number of carbonyl (C=O) groups excluding carboxylic acids is 1. The van der Waals surface area contributed by atoms with Crippen molar-refractivity contribution in [2.75, 3.05) is 20.2 Å². The first-order chi connectivity index (χ1) is 13.3. The summed E-state index contributed by atoms with van der Waals surface area (Å²) in [6.07, 6.45) is 5.07. The lowest BCUT2D eigenvalue weighted by Gasteiger charge is -2.37. The molecule has 1 fully saturated rings. The third-order valence-electron chi connectivity index (χ3n) is 5.38. The molecule has 28 heavy (non-hydrogen) atoms. The summed E-state index contributed by atoms with van der Waals surface area (Å²) in [5, 5.41) is 13.2. The molecule has 1 N–H and O–H groups in total. The van der Waals surface area contributed by atoms with Gasteiger partial charge in [-0.15, -0.1) is 0 Å². The van der Waals surface area contributed by atoms with Crippen LogP contribution in [0.15, 0.2) is 36.7 Å². The molecule has 1 aliphatic rings. The number of carboxylic acid groups (broad SMARTS) is 1. The van der Waals surface area contributed by atoms with E-state index in [-0.39, 0.29) is 17.5 Å². The van der Waals surface area contributed by atoms with Gasteiger partial charge in [0.05, 0.1) is 24.9 Å². The van der Waals surface area contributed by atoms with Crippen LogP contribution in [0.2, 0.25) is 0 Å². The Hall–Kier alpha value is -2.83. The zero-order valence-electron chi connectivity index (χ0n) is 16.6. The van der Waals surface area contributed by atoms with Crippen molar-refractivity contribution in [3.8, 4) is 5.75 Å². The van der Waals surface area contributed by atoms with Gasteiger partial charge in [0.2, 0.25) is 5.91 Å². The summed E-state index contributed by atoms with van der Waals surface area (Å²) in [6.45, 7) is 5.23. The number of likely N-dealkylation sites (tertiary alicyclic amines) is 1. The molecule has 2 heterocycles. The minimum atomic E-state index is -0.975. The van der Waals surface area contributed by atoms with Crippen LogP contribution in [-0.2, 0) is 11.2 Å². The number of piperidine rings is 1. The number of nitrogens with zero attached hydrogens (tertiary/aromatic N) is 3. The summed E-state index contributed by atoms with van der Waals surface area (Å²) in [5.41, 5.74) is 0.677. The van der Waals surface area contributed by atoms with E-state index in [1.165, 1.54) is 6.20 Å². The largest absolute Gasteiger partial charge is 0.496 e. The van der Waals surface area contributed by atoms with Gasteiger partial charge in [0.15, 0.2) is 0 Å². The Morgan fingerprint density at radius 3 is 2.54 bits per heavy atom. The van der Waals surface area contributed by atoms with Crippen molar-refractivity contribution < 1.29 is 19.4 Å². The van der Waals surface area contributed by atoms with Crippen LogP contribution in [0.25, 0.3) is 0 Å². The third kappa shape index (κ3) is 4.18. The highest BCUT2D eigenvalue weighted by atomic mass is 16.5. The summed E-state index contributed by atoms with van der Waals surface area (Å²) in [5.74, 6) is -0.0458. The number of hydrogen-bond acceptors (Lipinski definition) is 4. The molecule has 1 saturated heterocycles. The zero-order valence-corrected chi connectivity index (χ0v) is 16.6. The molecule has 0 aliphatic carbocycles. The van der Waals surface area contributed by atoms with E-state index in [1.807, 2.05) is 43.0 Å². The van der Waals surface area contributed by atoms with Crippen molar-refractivity contribution in [3.05, 3.63) is 47.8 Å². The minimum absolute atomic E-state index is 0.120. The second-order valence-electron chi connectivity index (χ2n) is 7.91. The van der Waals surface area contributed by atoms with Gasteiger partial charge in [0.1, 0.15) is 5.75 Å². The number of ether oxygens (including phenoxy) is 1. The third-order valence-corrected chi connectivity index (χ3v) is 5.38. The molecule has 0 atom stereocenters. The Morgan fingerprint density at radius 1 is 1.25 bits per heavy atom. The maximum absolute atomic E-state index is 13.1. The van der Waals surface area contributed by atoms with Crippen molar-refractivity contribution in [1.29, 1.82) is 0 Å². The van der Waals surface area contributed by atoms with Crippen LogP contribution in [0, 0.1) is 5.41 Å². The van der Waals surface area contributed by atoms with Gasteiger partial charge in [0.25, 0.3) is 0 Å². The quantitative estimate of drug-likeness (QED) is 0.826. The molecular weight excluding hydrogens is 358 g/mol. The number of carboxylic acids is 1. The number of rotatable bonds is 6. The Morgan fingerprint density at radius 2 is 1.93 bits per heavy atom. The number of carbonyl (C=O) groups is 2. The van der Waals surface area contributed by atoms with Crippen molar-refractivity contribution in [2.45, 2.75) is 39.2 Å². The van der Waals surface area contributed by atoms with Gasteiger partial charge in [-0.3, -0.25) is 9.48 Å². The second-order valence-corrected chi connectivity index (χ2v) is 7.91. The Labute approximate surface area is 164 Å². The molecule has 7 nitrogen and oxygen atoms in total. The fourth-order valence-electron chi connectivity index (χ4n) is 3.81. The normalized spacial score (nSPS) is 15.5. The van der Waals surface area contributed by atoms with Gasteiger partial charge in [-0.2, -0.15) is 5.10 Å². The van der Waals surface area contributed by atoms with E-state index >= 15 is 0 Å². The van der Waals surface area contributed by atoms with Crippen LogP contribution in [0.4, 0.5) is 0 Å². The lowest BCUT2D eigenvalue weighted by atomic mass is 9.83. The van der Waals surface area contributed by atoms with E-state index in [0.717, 1.165) is 24.2 Å². The number of hydrogen-bond donors (Lipinski definition) is 1. The Kier molecular flexibility index (Phi) is 5.72. The van der Waals surface area contributed by atoms with Crippen LogP contribution in [0.5, 0.6) is 5.75 Å². The molecule has 7 heteroatoms. The van der Waals surface area contributed by atoms with Gasteiger partial charge >= 0.3 is 5.97 Å². The Balaban J connectivity index is 1.62. The average molecular weight is 385 g/mol. The van der Waals surface area contributed by atoms with Crippen LogP contribution >= 0.6 is 0 Å². The lowest BCUT2D eigenvalue weighted by molar-refractivity contribution is -0.141. The van der Waals surface area contributed by atoms with Gasteiger partial charge in [-0.1, -0.05) is 32.0 Å². The first kappa shape index (κ1) is 19.9. The van der Waals surface area contributed by atoms with Crippen LogP contribution in [0.3, 0.4) is 0 Å². The van der Waals surface area contributed by atoms with E-state index in [0.29, 0.717) is 19.5 Å². The van der Waals surface area contributed by atoms with Crippen LogP contribution in [-0.4, -0.2) is 51.9 Å². The number of benzene rings is 1. The molecule has 3 rings (SSSR count). The van der Waals surface area contributed by atoms with Crippen molar-refractivity contribution in [1.82, 2.24) is 14.7 Å². The van der Waals surface area contributed by atoms with Crippen molar-refractivity contribution in [2.24, 2.45) is 5.41 Å². The molecule has 2 aromatic rings. The molecule has 1 amide bonds. The summed E-state index contributed by atoms with van der Waals surface area (Å²) in [7, 11) is 1.64. The smallest absolute Gasteiger partial charge is 0.338 e. The van der Waals surface area contributed by atoms with E-state index in [4.69, 9.17) is 9.84 Å². The number of methoxy groups -OCH3 is 1. The predicted octanol–water partition coefficient (Wildman–Crippen LogP) is 3.02. The fraction of sp³-hybridized carbons (Fsp3) is 0.476. The molecule has 1 aliphatic heterocycles. The topological polar surface area (TPSA) is 84.7 Å². The molecular formula is C21H27N3O4. The molecule has 1 aromatic heterocycles. The number of aromatic nitrogens is 2. The number of aromatic carboxylic acids is 1. The fourth-order valence-corrected chi connectivity index (χ4v) is 3.81. The molecule has 150 valence electrons. The molecule has 0 unspecified atom stereocenters. The summed E-state index contributed by atoms with van der Waals surface area (Å²) in [6, 6.07) is 7.91. The van der Waals surface area contributed by atoms with Gasteiger partial charge < -0.3 is 14.7 Å². The second kappa shape index (κ2) is 8.04. The first-order valence-corrected chi connectivity index (χ1v) is 9.50. The summed E-state index contributed by atoms with van der Waals surface area (Å²) in [4.78, 5) is 26.1. The monoisotopic (exact) mass is 385 g/mol. The van der Waals surface area contributed by atoms with Gasteiger partial charge in [0, 0.05) is 24.7 Å². The molecule has 0 spiro atoms. The maximum atomic E-state index is 13.1. The molecule has 0 saturated carbocycles. The Bertz CT molecular complexity index is 851. The van der Waals surface area contributed by atoms with E-state index in [2.05, 4.69) is 5.10 Å². The molecule has 0 radical (unpaired) electrons. The lowest BCUT2D eigenvalue weighted by Crippen LogP contribution is -2.46. The summed E-state index contributed by atoms with van der Waals surface area (Å²) < 4.78 is 7.14. The predicted molar refractivity (Wildman–Crippen MR) is 105 cm³/mol. The van der Waals surface area contributed by atoms with Crippen molar-refractivity contribution in [3.63, 3.8) is 0 Å². The first-order valence-electron chi connectivity index (χ1n) is 9.50.